The molecule has 0 atom stereocenters. The molecule has 3 heterocycles. The molecule has 0 aliphatic rings. The van der Waals surface area contributed by atoms with Crippen LogP contribution >= 0.6 is 11.3 Å². The Hall–Kier alpha value is -2.05. The Labute approximate surface area is 119 Å². The van der Waals surface area contributed by atoms with Gasteiger partial charge in [-0.15, -0.1) is 11.3 Å². The van der Waals surface area contributed by atoms with E-state index in [9.17, 15) is 4.79 Å². The molecule has 0 aliphatic heterocycles. The molecule has 0 radical (unpaired) electrons. The zero-order valence-corrected chi connectivity index (χ0v) is 11.8. The molecule has 5 nitrogen and oxygen atoms in total. The molecule has 0 spiro atoms. The van der Waals surface area contributed by atoms with Crippen LogP contribution in [0.4, 0.5) is 0 Å². The van der Waals surface area contributed by atoms with Gasteiger partial charge < -0.3 is 10.3 Å². The largest absolute Gasteiger partial charge is 0.308 e. The summed E-state index contributed by atoms with van der Waals surface area (Å²) in [6.45, 7) is 3.27. The molecule has 3 aromatic heterocycles. The first-order valence-corrected chi connectivity index (χ1v) is 7.18. The van der Waals surface area contributed by atoms with Crippen LogP contribution in [0, 0.1) is 6.92 Å². The molecule has 2 N–H and O–H groups in total. The van der Waals surface area contributed by atoms with Crippen LogP contribution in [-0.4, -0.2) is 15.0 Å². The maximum absolute atomic E-state index is 11.8. The van der Waals surface area contributed by atoms with E-state index in [0.29, 0.717) is 23.6 Å². The predicted octanol–water partition coefficient (Wildman–Crippen LogP) is 1.98. The van der Waals surface area contributed by atoms with Crippen LogP contribution < -0.4 is 10.9 Å². The van der Waals surface area contributed by atoms with Gasteiger partial charge in [0.05, 0.1) is 12.1 Å². The van der Waals surface area contributed by atoms with Gasteiger partial charge in [0.25, 0.3) is 5.56 Å². The lowest BCUT2D eigenvalue weighted by Gasteiger charge is -2.06. The van der Waals surface area contributed by atoms with Crippen LogP contribution in [-0.2, 0) is 13.1 Å². The lowest BCUT2D eigenvalue weighted by Crippen LogP contribution is -2.19. The minimum Gasteiger partial charge on any atom is -0.308 e. The van der Waals surface area contributed by atoms with Gasteiger partial charge in [-0.3, -0.25) is 9.78 Å². The fourth-order valence-electron chi connectivity index (χ4n) is 2.00. The van der Waals surface area contributed by atoms with Crippen molar-refractivity contribution >= 4 is 21.6 Å². The zero-order valence-electron chi connectivity index (χ0n) is 11.0. The number of aryl methyl sites for hydroxylation is 1. The Kier molecular flexibility index (Phi) is 3.58. The van der Waals surface area contributed by atoms with Crippen molar-refractivity contribution in [2.75, 3.05) is 0 Å². The third-order valence-corrected chi connectivity index (χ3v) is 4.02. The van der Waals surface area contributed by atoms with E-state index in [1.807, 2.05) is 23.7 Å². The molecule has 0 aromatic carbocycles. The van der Waals surface area contributed by atoms with Crippen molar-refractivity contribution in [2.45, 2.75) is 20.0 Å². The second-order valence-corrected chi connectivity index (χ2v) is 5.47. The first-order valence-electron chi connectivity index (χ1n) is 6.30. The molecule has 20 heavy (non-hydrogen) atoms. The molecule has 3 aromatic rings. The first-order chi connectivity index (χ1) is 9.74. The highest BCUT2D eigenvalue weighted by molar-refractivity contribution is 7.17. The molecule has 0 fully saturated rings. The van der Waals surface area contributed by atoms with Gasteiger partial charge in [-0.1, -0.05) is 0 Å². The van der Waals surface area contributed by atoms with E-state index in [-0.39, 0.29) is 5.56 Å². The van der Waals surface area contributed by atoms with E-state index in [0.717, 1.165) is 11.1 Å². The summed E-state index contributed by atoms with van der Waals surface area (Å²) in [7, 11) is 0. The van der Waals surface area contributed by atoms with Crippen LogP contribution in [0.1, 0.15) is 17.0 Å². The topological polar surface area (TPSA) is 70.7 Å². The normalized spacial score (nSPS) is 11.1. The van der Waals surface area contributed by atoms with Gasteiger partial charge in [-0.2, -0.15) is 0 Å². The fourth-order valence-corrected chi connectivity index (χ4v) is 2.73. The summed E-state index contributed by atoms with van der Waals surface area (Å²) in [5.74, 6) is 0.655. The minimum absolute atomic E-state index is 0.0700. The maximum Gasteiger partial charge on any atom is 0.268 e. The van der Waals surface area contributed by atoms with Crippen LogP contribution in [0.2, 0.25) is 0 Å². The van der Waals surface area contributed by atoms with Crippen LogP contribution in [0.25, 0.3) is 10.2 Å². The average molecular weight is 286 g/mol. The van der Waals surface area contributed by atoms with E-state index >= 15 is 0 Å². The third kappa shape index (κ3) is 2.61. The minimum atomic E-state index is -0.0700. The number of hydrogen-bond acceptors (Lipinski definition) is 5. The molecule has 0 saturated heterocycles. The van der Waals surface area contributed by atoms with Crippen molar-refractivity contribution in [3.63, 3.8) is 0 Å². The summed E-state index contributed by atoms with van der Waals surface area (Å²) >= 11 is 1.41. The van der Waals surface area contributed by atoms with Gasteiger partial charge in [0, 0.05) is 18.9 Å². The SMILES string of the molecule is Cc1ccncc1CNCc1nc2ccsc2c(=O)[nH]1. The Morgan fingerprint density at radius 2 is 2.25 bits per heavy atom. The van der Waals surface area contributed by atoms with Crippen molar-refractivity contribution in [1.29, 1.82) is 0 Å². The number of pyridine rings is 1. The molecule has 0 unspecified atom stereocenters. The lowest BCUT2D eigenvalue weighted by molar-refractivity contribution is 0.659. The highest BCUT2D eigenvalue weighted by atomic mass is 32.1. The molecule has 3 rings (SSSR count). The van der Waals surface area contributed by atoms with E-state index in [4.69, 9.17) is 0 Å². The van der Waals surface area contributed by atoms with Crippen molar-refractivity contribution in [3.8, 4) is 0 Å². The van der Waals surface area contributed by atoms with Gasteiger partial charge in [0.2, 0.25) is 0 Å². The Balaban J connectivity index is 1.71. The van der Waals surface area contributed by atoms with Crippen molar-refractivity contribution in [3.05, 3.63) is 57.2 Å². The molecular weight excluding hydrogens is 272 g/mol. The zero-order chi connectivity index (χ0) is 13.9. The van der Waals surface area contributed by atoms with Gasteiger partial charge in [-0.05, 0) is 35.6 Å². The van der Waals surface area contributed by atoms with Crippen LogP contribution in [0.3, 0.4) is 0 Å². The quantitative estimate of drug-likeness (QED) is 0.769. The van der Waals surface area contributed by atoms with Gasteiger partial charge in [-0.25, -0.2) is 4.98 Å². The fraction of sp³-hybridized carbons (Fsp3) is 0.214. The molecule has 102 valence electrons. The number of fused-ring (bicyclic) bond motifs is 1. The summed E-state index contributed by atoms with van der Waals surface area (Å²) in [5.41, 5.74) is 3.03. The number of nitrogens with zero attached hydrogens (tertiary/aromatic N) is 2. The van der Waals surface area contributed by atoms with E-state index < -0.39 is 0 Å². The molecule has 6 heteroatoms. The summed E-state index contributed by atoms with van der Waals surface area (Å²) < 4.78 is 0.678. The Morgan fingerprint density at radius 1 is 1.35 bits per heavy atom. The number of thiophene rings is 1. The van der Waals surface area contributed by atoms with Crippen LogP contribution in [0.5, 0.6) is 0 Å². The second kappa shape index (κ2) is 5.52. The summed E-state index contributed by atoms with van der Waals surface area (Å²) in [6.07, 6.45) is 3.63. The van der Waals surface area contributed by atoms with Crippen LogP contribution in [0.15, 0.2) is 34.7 Å². The maximum atomic E-state index is 11.8. The first kappa shape index (κ1) is 13.0. The van der Waals surface area contributed by atoms with Gasteiger partial charge in [0.1, 0.15) is 10.5 Å². The number of aromatic nitrogens is 3. The van der Waals surface area contributed by atoms with E-state index in [1.54, 1.807) is 6.20 Å². The highest BCUT2D eigenvalue weighted by Gasteiger charge is 2.05. The highest BCUT2D eigenvalue weighted by Crippen LogP contribution is 2.13. The van der Waals surface area contributed by atoms with E-state index in [2.05, 4.69) is 27.2 Å². The molecule has 0 aliphatic carbocycles. The lowest BCUT2D eigenvalue weighted by atomic mass is 10.1. The smallest absolute Gasteiger partial charge is 0.268 e. The molecule has 0 bridgehead atoms. The second-order valence-electron chi connectivity index (χ2n) is 4.55. The Bertz CT molecular complexity index is 793. The van der Waals surface area contributed by atoms with Crippen molar-refractivity contribution < 1.29 is 0 Å². The number of nitrogens with one attached hydrogen (secondary N) is 2. The summed E-state index contributed by atoms with van der Waals surface area (Å²) in [4.78, 5) is 23.2. The number of rotatable bonds is 4. The molecular formula is C14H14N4OS. The number of hydrogen-bond donors (Lipinski definition) is 2. The molecule has 0 saturated carbocycles. The summed E-state index contributed by atoms with van der Waals surface area (Å²) in [6, 6.07) is 3.85. The van der Waals surface area contributed by atoms with Gasteiger partial charge in [0.15, 0.2) is 0 Å². The number of H-pyrrole nitrogens is 1. The Morgan fingerprint density at radius 3 is 3.10 bits per heavy atom. The molecule has 0 amide bonds. The monoisotopic (exact) mass is 286 g/mol. The third-order valence-electron chi connectivity index (χ3n) is 3.12. The van der Waals surface area contributed by atoms with Gasteiger partial charge >= 0.3 is 0 Å². The predicted molar refractivity (Wildman–Crippen MR) is 79.8 cm³/mol. The van der Waals surface area contributed by atoms with Crippen molar-refractivity contribution in [2.24, 2.45) is 0 Å². The van der Waals surface area contributed by atoms with Crippen molar-refractivity contribution in [1.82, 2.24) is 20.3 Å². The average Bonchev–Trinajstić information content (AvgIpc) is 2.90. The summed E-state index contributed by atoms with van der Waals surface area (Å²) in [5, 5.41) is 5.15. The standard InChI is InChI=1S/C14H14N4OS/c1-9-2-4-15-6-10(9)7-16-8-12-17-11-3-5-20-13(11)14(19)18-12/h2-6,16H,7-8H2,1H3,(H,17,18,19). The number of aromatic amines is 1. The van der Waals surface area contributed by atoms with E-state index in [1.165, 1.54) is 16.9 Å².